The van der Waals surface area contributed by atoms with Gasteiger partial charge in [-0.15, -0.1) is 0 Å². The fourth-order valence-electron chi connectivity index (χ4n) is 2.91. The van der Waals surface area contributed by atoms with Crippen molar-refractivity contribution in [1.82, 2.24) is 10.5 Å². The summed E-state index contributed by atoms with van der Waals surface area (Å²) < 4.78 is 11.0. The lowest BCUT2D eigenvalue weighted by molar-refractivity contribution is 0.0938. The summed E-state index contributed by atoms with van der Waals surface area (Å²) >= 11 is 0. The molecule has 0 spiro atoms. The van der Waals surface area contributed by atoms with Gasteiger partial charge in [-0.05, 0) is 45.4 Å². The molecule has 0 bridgehead atoms. The van der Waals surface area contributed by atoms with Gasteiger partial charge in [-0.3, -0.25) is 4.79 Å². The van der Waals surface area contributed by atoms with Crippen LogP contribution in [0.2, 0.25) is 0 Å². The van der Waals surface area contributed by atoms with E-state index in [0.717, 1.165) is 16.9 Å². The van der Waals surface area contributed by atoms with Crippen molar-refractivity contribution in [2.75, 3.05) is 0 Å². The third kappa shape index (κ3) is 4.37. The third-order valence-corrected chi connectivity index (χ3v) is 4.21. The molecule has 1 aromatic heterocycles. The number of hydrogen-bond donors (Lipinski definition) is 1. The summed E-state index contributed by atoms with van der Waals surface area (Å²) in [7, 11) is 0. The molecule has 0 saturated heterocycles. The van der Waals surface area contributed by atoms with E-state index in [2.05, 4.69) is 10.5 Å². The minimum atomic E-state index is -0.213. The Morgan fingerprint density at radius 3 is 2.52 bits per heavy atom. The minimum absolute atomic E-state index is 0.0956. The van der Waals surface area contributed by atoms with Gasteiger partial charge >= 0.3 is 0 Å². The standard InChI is InChI=1S/C22H24N2O3/c1-14(2)26-19-12-8-11-18(13-19)15(3)23-22(25)20-16(4)27-24-21(20)17-9-6-5-7-10-17/h5-15H,1-4H3,(H,23,25)/t15-/m0/s1. The van der Waals surface area contributed by atoms with Crippen LogP contribution in [0.5, 0.6) is 5.75 Å². The molecule has 2 aromatic carbocycles. The van der Waals surface area contributed by atoms with Crippen LogP contribution < -0.4 is 10.1 Å². The third-order valence-electron chi connectivity index (χ3n) is 4.21. The normalized spacial score (nSPS) is 12.0. The minimum Gasteiger partial charge on any atom is -0.491 e. The Morgan fingerprint density at radius 1 is 1.07 bits per heavy atom. The lowest BCUT2D eigenvalue weighted by atomic mass is 10.0. The summed E-state index contributed by atoms with van der Waals surface area (Å²) in [5.74, 6) is 1.07. The summed E-state index contributed by atoms with van der Waals surface area (Å²) in [5.41, 5.74) is 2.83. The first-order chi connectivity index (χ1) is 13.0. The molecule has 0 radical (unpaired) electrons. The van der Waals surface area contributed by atoms with Crippen molar-refractivity contribution in [1.29, 1.82) is 0 Å². The molecule has 5 heteroatoms. The van der Waals surface area contributed by atoms with E-state index in [0.29, 0.717) is 17.0 Å². The molecule has 0 unspecified atom stereocenters. The molecule has 27 heavy (non-hydrogen) atoms. The number of aromatic nitrogens is 1. The molecule has 0 saturated carbocycles. The molecule has 1 heterocycles. The maximum absolute atomic E-state index is 12.9. The molecule has 0 aliphatic heterocycles. The molecule has 0 fully saturated rings. The number of nitrogens with one attached hydrogen (secondary N) is 1. The van der Waals surface area contributed by atoms with Crippen molar-refractivity contribution >= 4 is 5.91 Å². The number of benzene rings is 2. The quantitative estimate of drug-likeness (QED) is 0.674. The zero-order chi connectivity index (χ0) is 19.4. The average molecular weight is 364 g/mol. The Hall–Kier alpha value is -3.08. The number of carbonyl (C=O) groups excluding carboxylic acids is 1. The van der Waals surface area contributed by atoms with Crippen LogP contribution in [0.15, 0.2) is 59.1 Å². The fraction of sp³-hybridized carbons (Fsp3) is 0.273. The van der Waals surface area contributed by atoms with E-state index in [-0.39, 0.29) is 18.1 Å². The Balaban J connectivity index is 1.81. The maximum Gasteiger partial charge on any atom is 0.257 e. The molecule has 3 aromatic rings. The molecule has 1 atom stereocenters. The molecule has 1 amide bonds. The molecule has 3 rings (SSSR count). The van der Waals surface area contributed by atoms with Crippen LogP contribution >= 0.6 is 0 Å². The summed E-state index contributed by atoms with van der Waals surface area (Å²) in [6.07, 6.45) is 0.0956. The van der Waals surface area contributed by atoms with Crippen molar-refractivity contribution in [2.24, 2.45) is 0 Å². The van der Waals surface area contributed by atoms with Crippen LogP contribution in [-0.2, 0) is 0 Å². The van der Waals surface area contributed by atoms with Gasteiger partial charge in [-0.2, -0.15) is 0 Å². The molecular formula is C22H24N2O3. The lowest BCUT2D eigenvalue weighted by Crippen LogP contribution is -2.27. The van der Waals surface area contributed by atoms with Crippen molar-refractivity contribution in [3.05, 3.63) is 71.5 Å². The number of aryl methyl sites for hydroxylation is 1. The largest absolute Gasteiger partial charge is 0.491 e. The average Bonchev–Trinajstić information content (AvgIpc) is 3.03. The second-order valence-electron chi connectivity index (χ2n) is 6.76. The second kappa shape index (κ2) is 8.08. The van der Waals surface area contributed by atoms with Crippen LogP contribution in [0.4, 0.5) is 0 Å². The van der Waals surface area contributed by atoms with E-state index >= 15 is 0 Å². The summed E-state index contributed by atoms with van der Waals surface area (Å²) in [4.78, 5) is 12.9. The van der Waals surface area contributed by atoms with E-state index in [1.807, 2.05) is 75.4 Å². The monoisotopic (exact) mass is 364 g/mol. The molecule has 140 valence electrons. The van der Waals surface area contributed by atoms with Gasteiger partial charge in [0.05, 0.1) is 12.1 Å². The molecule has 5 nitrogen and oxygen atoms in total. The second-order valence-corrected chi connectivity index (χ2v) is 6.76. The van der Waals surface area contributed by atoms with E-state index in [1.165, 1.54) is 0 Å². The van der Waals surface area contributed by atoms with E-state index in [9.17, 15) is 4.79 Å². The summed E-state index contributed by atoms with van der Waals surface area (Å²) in [6, 6.07) is 17.1. The highest BCUT2D eigenvalue weighted by atomic mass is 16.5. The summed E-state index contributed by atoms with van der Waals surface area (Å²) in [5, 5.41) is 7.11. The first-order valence-corrected chi connectivity index (χ1v) is 9.05. The highest BCUT2D eigenvalue weighted by Crippen LogP contribution is 2.26. The van der Waals surface area contributed by atoms with Crippen LogP contribution in [-0.4, -0.2) is 17.2 Å². The zero-order valence-corrected chi connectivity index (χ0v) is 16.0. The number of nitrogens with zero attached hydrogens (tertiary/aromatic N) is 1. The Morgan fingerprint density at radius 2 is 1.81 bits per heavy atom. The molecule has 0 aliphatic carbocycles. The van der Waals surface area contributed by atoms with Gasteiger partial charge in [0.1, 0.15) is 22.8 Å². The van der Waals surface area contributed by atoms with Gasteiger partial charge in [-0.1, -0.05) is 47.6 Å². The number of rotatable bonds is 6. The first kappa shape index (κ1) is 18.7. The predicted octanol–water partition coefficient (Wildman–Crippen LogP) is 4.93. The Labute approximate surface area is 159 Å². The topological polar surface area (TPSA) is 64.4 Å². The first-order valence-electron chi connectivity index (χ1n) is 9.05. The molecular weight excluding hydrogens is 340 g/mol. The smallest absolute Gasteiger partial charge is 0.257 e. The number of carbonyl (C=O) groups is 1. The lowest BCUT2D eigenvalue weighted by Gasteiger charge is -2.16. The van der Waals surface area contributed by atoms with Crippen molar-refractivity contribution in [2.45, 2.75) is 39.8 Å². The van der Waals surface area contributed by atoms with Gasteiger partial charge in [-0.25, -0.2) is 0 Å². The van der Waals surface area contributed by atoms with Gasteiger partial charge in [0.15, 0.2) is 0 Å². The molecule has 1 N–H and O–H groups in total. The highest BCUT2D eigenvalue weighted by Gasteiger charge is 2.23. The van der Waals surface area contributed by atoms with E-state index in [4.69, 9.17) is 9.26 Å². The summed E-state index contributed by atoms with van der Waals surface area (Å²) in [6.45, 7) is 7.66. The van der Waals surface area contributed by atoms with Gasteiger partial charge in [0, 0.05) is 5.56 Å². The van der Waals surface area contributed by atoms with Gasteiger partial charge in [0.25, 0.3) is 5.91 Å². The van der Waals surface area contributed by atoms with Crippen LogP contribution in [0, 0.1) is 6.92 Å². The number of amides is 1. The van der Waals surface area contributed by atoms with E-state index < -0.39 is 0 Å². The van der Waals surface area contributed by atoms with Crippen molar-refractivity contribution in [3.63, 3.8) is 0 Å². The van der Waals surface area contributed by atoms with Gasteiger partial charge in [0.2, 0.25) is 0 Å². The van der Waals surface area contributed by atoms with Crippen LogP contribution in [0.3, 0.4) is 0 Å². The highest BCUT2D eigenvalue weighted by molar-refractivity contribution is 6.00. The molecule has 0 aliphatic rings. The maximum atomic E-state index is 12.9. The SMILES string of the molecule is Cc1onc(-c2ccccc2)c1C(=O)N[C@@H](C)c1cccc(OC(C)C)c1. The zero-order valence-electron chi connectivity index (χ0n) is 16.0. The van der Waals surface area contributed by atoms with E-state index in [1.54, 1.807) is 6.92 Å². The number of hydrogen-bond acceptors (Lipinski definition) is 4. The predicted molar refractivity (Wildman–Crippen MR) is 105 cm³/mol. The van der Waals surface area contributed by atoms with Crippen LogP contribution in [0.1, 0.15) is 48.5 Å². The van der Waals surface area contributed by atoms with Crippen LogP contribution in [0.25, 0.3) is 11.3 Å². The van der Waals surface area contributed by atoms with Crippen molar-refractivity contribution < 1.29 is 14.1 Å². The van der Waals surface area contributed by atoms with Crippen molar-refractivity contribution in [3.8, 4) is 17.0 Å². The fourth-order valence-corrected chi connectivity index (χ4v) is 2.91. The Bertz CT molecular complexity index is 916. The Kier molecular flexibility index (Phi) is 5.60. The van der Waals surface area contributed by atoms with Gasteiger partial charge < -0.3 is 14.6 Å². The number of ether oxygens (including phenoxy) is 1.